The van der Waals surface area contributed by atoms with E-state index in [2.05, 4.69) is 177 Å². The van der Waals surface area contributed by atoms with E-state index in [4.69, 9.17) is 0 Å². The number of rotatable bonds is 15. The maximum atomic E-state index is 3.24. The third kappa shape index (κ3) is 6.03. The summed E-state index contributed by atoms with van der Waals surface area (Å²) in [5.74, 6) is 0. The van der Waals surface area contributed by atoms with Gasteiger partial charge in [0, 0.05) is 45.1 Å². The van der Waals surface area contributed by atoms with Crippen LogP contribution in [0.3, 0.4) is 0 Å². The van der Waals surface area contributed by atoms with E-state index in [0.717, 1.165) is 72.0 Å². The Kier molecular flexibility index (Phi) is 13.7. The van der Waals surface area contributed by atoms with Crippen molar-refractivity contribution >= 4 is 0 Å². The minimum Gasteiger partial charge on any atom is -0.286 e. The SMILES string of the molecule is CCN1CCCC12CCC1(CCC3(CCC4(CCC5(CCC6(CCC7(CCC8(CC9(CC%10(CC%11(CC%12(CC%13(CC%14(CCN%14CC)N%13CC)N%12CC)N%11CC)N%10CC)N9CC)N8CC)N7CC)N6CC)N5CC)N4CC)N3CC)N1CC)N2CC. The first-order chi connectivity index (χ1) is 40.5. The second-order valence-electron chi connectivity index (χ2n) is 31.0. The van der Waals surface area contributed by atoms with Gasteiger partial charge in [0.2, 0.25) is 0 Å². The van der Waals surface area contributed by atoms with Crippen LogP contribution < -0.4 is 0 Å². The van der Waals surface area contributed by atoms with E-state index in [9.17, 15) is 0 Å². The van der Waals surface area contributed by atoms with Gasteiger partial charge in [0.05, 0.1) is 79.3 Å². The lowest BCUT2D eigenvalue weighted by Gasteiger charge is -2.93. The minimum absolute atomic E-state index is 0.102. The molecular weight excluding hydrogens is 1040 g/mol. The summed E-state index contributed by atoms with van der Waals surface area (Å²) >= 11 is 0. The fourth-order valence-corrected chi connectivity index (χ4v) is 29.8. The molecule has 15 heteroatoms. The molecule has 0 amide bonds. The molecule has 15 rings (SSSR count). The summed E-state index contributed by atoms with van der Waals surface area (Å²) in [6, 6.07) is 0. The average molecular weight is 1160 g/mol. The van der Waals surface area contributed by atoms with Crippen LogP contribution in [0.2, 0.25) is 0 Å². The highest BCUT2D eigenvalue weighted by Gasteiger charge is 2.90. The van der Waals surface area contributed by atoms with Gasteiger partial charge < -0.3 is 0 Å². The molecule has 0 aromatic carbocycles. The van der Waals surface area contributed by atoms with Crippen molar-refractivity contribution in [1.82, 2.24) is 73.5 Å². The van der Waals surface area contributed by atoms with Gasteiger partial charge >= 0.3 is 0 Å². The van der Waals surface area contributed by atoms with E-state index < -0.39 is 0 Å². The maximum Gasteiger partial charge on any atom is 0.0828 e. The molecule has 14 spiro atoms. The van der Waals surface area contributed by atoms with E-state index in [0.29, 0.717) is 5.66 Å². The van der Waals surface area contributed by atoms with Crippen molar-refractivity contribution in [2.45, 2.75) is 331 Å². The van der Waals surface area contributed by atoms with Gasteiger partial charge in [-0.2, -0.15) is 0 Å². The van der Waals surface area contributed by atoms with Crippen molar-refractivity contribution in [3.8, 4) is 0 Å². The Bertz CT molecular complexity index is 2560. The Labute approximate surface area is 513 Å². The molecule has 0 aliphatic carbocycles. The molecule has 15 fully saturated rings. The molecule has 0 radical (unpaired) electrons. The first-order valence-electron chi connectivity index (χ1n) is 37.1. The molecule has 0 aromatic rings. The lowest BCUT2D eigenvalue weighted by atomic mass is 9.51. The highest BCUT2D eigenvalue weighted by Crippen LogP contribution is 2.78. The molecule has 0 N–H and O–H groups in total. The number of hydrogen-bond donors (Lipinski definition) is 0. The first kappa shape index (κ1) is 59.7. The van der Waals surface area contributed by atoms with Crippen LogP contribution >= 0.6 is 0 Å². The molecule has 0 aromatic heterocycles. The smallest absolute Gasteiger partial charge is 0.0828 e. The van der Waals surface area contributed by atoms with Gasteiger partial charge in [-0.15, -0.1) is 0 Å². The largest absolute Gasteiger partial charge is 0.286 e. The summed E-state index contributed by atoms with van der Waals surface area (Å²) in [6.45, 7) is 57.8. The lowest BCUT2D eigenvalue weighted by Crippen LogP contribution is -3.06. The summed E-state index contributed by atoms with van der Waals surface area (Å²) in [7, 11) is 0. The molecule has 0 bridgehead atoms. The van der Waals surface area contributed by atoms with Crippen molar-refractivity contribution in [1.29, 1.82) is 0 Å². The predicted molar refractivity (Wildman–Crippen MR) is 340 cm³/mol. The summed E-state index contributed by atoms with van der Waals surface area (Å²) in [6.07, 6.45) is 30.6. The van der Waals surface area contributed by atoms with Crippen LogP contribution in [-0.2, 0) is 0 Å². The minimum atomic E-state index is 0.102. The van der Waals surface area contributed by atoms with Crippen molar-refractivity contribution in [2.24, 2.45) is 0 Å². The van der Waals surface area contributed by atoms with Gasteiger partial charge in [-0.25, -0.2) is 0 Å². The van der Waals surface area contributed by atoms with Crippen molar-refractivity contribution in [2.75, 3.05) is 111 Å². The summed E-state index contributed by atoms with van der Waals surface area (Å²) in [4.78, 5) is 46.6. The van der Waals surface area contributed by atoms with Gasteiger partial charge in [0.25, 0.3) is 0 Å². The Hall–Kier alpha value is -0.600. The second kappa shape index (κ2) is 19.3. The Morgan fingerprint density at radius 3 is 0.619 bits per heavy atom. The Morgan fingerprint density at radius 2 is 0.357 bits per heavy atom. The molecule has 14 unspecified atom stereocenters. The van der Waals surface area contributed by atoms with Crippen LogP contribution in [0.15, 0.2) is 0 Å². The molecule has 15 saturated heterocycles. The van der Waals surface area contributed by atoms with Gasteiger partial charge in [-0.05, 0) is 214 Å². The summed E-state index contributed by atoms with van der Waals surface area (Å²) in [5, 5.41) is 0. The molecule has 15 aliphatic heterocycles. The monoisotopic (exact) mass is 1160 g/mol. The van der Waals surface area contributed by atoms with E-state index in [-0.39, 0.29) is 73.6 Å². The molecular formula is C69H125N15. The van der Waals surface area contributed by atoms with E-state index in [1.165, 1.54) is 187 Å². The van der Waals surface area contributed by atoms with Gasteiger partial charge in [-0.1, -0.05) is 104 Å². The Balaban J connectivity index is 0.676. The van der Waals surface area contributed by atoms with Gasteiger partial charge in [-0.3, -0.25) is 73.5 Å². The Morgan fingerprint density at radius 1 is 0.167 bits per heavy atom. The fourth-order valence-electron chi connectivity index (χ4n) is 29.8. The number of likely N-dealkylation sites (tertiary alicyclic amines) is 15. The quantitative estimate of drug-likeness (QED) is 0.156. The average Bonchev–Trinajstić information content (AvgIpc) is 1.29. The van der Waals surface area contributed by atoms with Crippen molar-refractivity contribution in [3.05, 3.63) is 0 Å². The lowest BCUT2D eigenvalue weighted by molar-refractivity contribution is -0.496. The standard InChI is InChI=1S/C69H125N15/c1-16-70-48-31-32-56(70)33-34-57(72(56)18-3)35-36-58(73(57)19-4)37-38-59(74(58)20-5)39-40-60(75(59)21-6)41-42-61(76(60)22-7)43-44-62(77(61)23-8)45-46-64(78(62)24-9)51-66(80(64)26-11)53-68(82(66)28-13)55-69(84(68)30-15)54-67(83(69)29-14)52-65(81(67)27-12)50-63(79(65)25-10)47-49-71(63)17-2/h16-55H2,1-15H3. The molecule has 15 heterocycles. The third-order valence-electron chi connectivity index (χ3n) is 30.8. The van der Waals surface area contributed by atoms with Gasteiger partial charge in [0.1, 0.15) is 0 Å². The second-order valence-corrected chi connectivity index (χ2v) is 31.0. The maximum absolute atomic E-state index is 3.24. The molecule has 14 atom stereocenters. The number of nitrogens with zero attached hydrogens (tertiary/aromatic N) is 15. The normalized spacial score (nSPS) is 51.5. The van der Waals surface area contributed by atoms with Crippen LogP contribution in [0, 0.1) is 0 Å². The van der Waals surface area contributed by atoms with Crippen LogP contribution in [0.1, 0.15) is 252 Å². The first-order valence-corrected chi connectivity index (χ1v) is 37.1. The van der Waals surface area contributed by atoms with E-state index in [1.807, 2.05) is 0 Å². The highest BCUT2D eigenvalue weighted by molar-refractivity contribution is 5.39. The zero-order chi connectivity index (χ0) is 58.9. The predicted octanol–water partition coefficient (Wildman–Crippen LogP) is 9.74. The topological polar surface area (TPSA) is 48.6 Å². The third-order valence-corrected chi connectivity index (χ3v) is 30.8. The molecule has 15 aliphatic rings. The van der Waals surface area contributed by atoms with Crippen LogP contribution in [0.4, 0.5) is 0 Å². The summed E-state index contributed by atoms with van der Waals surface area (Å²) in [5.41, 5.74) is 2.51. The number of hydrogen-bond acceptors (Lipinski definition) is 15. The fraction of sp³-hybridized carbons (Fsp3) is 1.00. The van der Waals surface area contributed by atoms with Crippen LogP contribution in [-0.4, -0.2) is 264 Å². The molecule has 15 nitrogen and oxygen atoms in total. The van der Waals surface area contributed by atoms with E-state index >= 15 is 0 Å². The molecule has 0 saturated carbocycles. The van der Waals surface area contributed by atoms with Crippen LogP contribution in [0.5, 0.6) is 0 Å². The van der Waals surface area contributed by atoms with Crippen LogP contribution in [0.25, 0.3) is 0 Å². The molecule has 476 valence electrons. The van der Waals surface area contributed by atoms with Crippen molar-refractivity contribution in [3.63, 3.8) is 0 Å². The van der Waals surface area contributed by atoms with Crippen molar-refractivity contribution < 1.29 is 0 Å². The summed E-state index contributed by atoms with van der Waals surface area (Å²) < 4.78 is 0. The molecule has 84 heavy (non-hydrogen) atoms. The van der Waals surface area contributed by atoms with Gasteiger partial charge in [0.15, 0.2) is 0 Å². The highest BCUT2D eigenvalue weighted by atomic mass is 15.8. The van der Waals surface area contributed by atoms with E-state index in [1.54, 1.807) is 0 Å². The zero-order valence-corrected chi connectivity index (χ0v) is 57.0. The zero-order valence-electron chi connectivity index (χ0n) is 57.0.